The van der Waals surface area contributed by atoms with Crippen molar-refractivity contribution in [1.29, 1.82) is 0 Å². The maximum Gasteiger partial charge on any atom is 0.264 e. The zero-order valence-corrected chi connectivity index (χ0v) is 24.5. The Labute approximate surface area is 248 Å². The van der Waals surface area contributed by atoms with Crippen molar-refractivity contribution in [3.63, 3.8) is 0 Å². The van der Waals surface area contributed by atoms with E-state index in [-0.39, 0.29) is 5.75 Å². The number of benzene rings is 4. The minimum absolute atomic E-state index is 0.280. The summed E-state index contributed by atoms with van der Waals surface area (Å²) >= 11 is 3.34. The number of aromatic nitrogens is 1. The molecule has 0 fully saturated rings. The van der Waals surface area contributed by atoms with Gasteiger partial charge >= 0.3 is 0 Å². The third-order valence-electron chi connectivity index (χ3n) is 6.77. The number of pyridine rings is 1. The Morgan fingerprint density at radius 2 is 1.61 bits per heavy atom. The van der Waals surface area contributed by atoms with Crippen LogP contribution in [0.4, 0.5) is 11.4 Å². The maximum atomic E-state index is 11.4. The number of hydrogen-bond donors (Lipinski definition) is 2. The van der Waals surface area contributed by atoms with Crippen molar-refractivity contribution in [1.82, 2.24) is 0 Å². The maximum absolute atomic E-state index is 11.4. The SMILES string of the molecule is Nc1ccc(Sc2cc(C=C3Sc4ccccc4N3CCCS(=O)(=O)O)c3ccccc3[n+]2-c2ccccc2)cc1. The number of fused-ring (bicyclic) bond motifs is 2. The fourth-order valence-corrected chi connectivity index (χ4v) is 7.56. The first kappa shape index (κ1) is 27.4. The molecule has 6 rings (SSSR count). The monoisotopic (exact) mass is 598 g/mol. The summed E-state index contributed by atoms with van der Waals surface area (Å²) in [5.41, 5.74) is 10.9. The number of rotatable bonds is 8. The van der Waals surface area contributed by atoms with E-state index in [1.807, 2.05) is 66.7 Å². The van der Waals surface area contributed by atoms with Crippen LogP contribution in [-0.4, -0.2) is 25.3 Å². The molecule has 206 valence electrons. The van der Waals surface area contributed by atoms with E-state index in [0.29, 0.717) is 13.0 Å². The normalized spacial score (nSPS) is 14.1. The Morgan fingerprint density at radius 3 is 2.39 bits per heavy atom. The summed E-state index contributed by atoms with van der Waals surface area (Å²) in [6.07, 6.45) is 2.50. The largest absolute Gasteiger partial charge is 0.399 e. The molecular formula is C32H28N3O3S3+. The van der Waals surface area contributed by atoms with Gasteiger partial charge in [-0.05, 0) is 72.3 Å². The van der Waals surface area contributed by atoms with Gasteiger partial charge in [-0.3, -0.25) is 4.55 Å². The number of anilines is 2. The number of thioether (sulfide) groups is 1. The lowest BCUT2D eigenvalue weighted by atomic mass is 10.1. The zero-order chi connectivity index (χ0) is 28.4. The summed E-state index contributed by atoms with van der Waals surface area (Å²) in [7, 11) is -4.03. The number of para-hydroxylation sites is 3. The molecule has 0 saturated heterocycles. The fraction of sp³-hybridized carbons (Fsp3) is 0.0938. The highest BCUT2D eigenvalue weighted by Crippen LogP contribution is 2.47. The minimum atomic E-state index is -4.03. The molecule has 0 spiro atoms. The molecule has 5 aromatic rings. The molecule has 1 aromatic heterocycles. The summed E-state index contributed by atoms with van der Waals surface area (Å²) in [5, 5.41) is 3.15. The minimum Gasteiger partial charge on any atom is -0.399 e. The highest BCUT2D eigenvalue weighted by atomic mass is 32.2. The first-order chi connectivity index (χ1) is 19.9. The van der Waals surface area contributed by atoms with Crippen LogP contribution in [0.15, 0.2) is 129 Å². The van der Waals surface area contributed by atoms with Crippen LogP contribution in [0.2, 0.25) is 0 Å². The number of nitrogens with zero attached hydrogens (tertiary/aromatic N) is 2. The van der Waals surface area contributed by atoms with E-state index in [2.05, 4.69) is 58.0 Å². The van der Waals surface area contributed by atoms with Crippen LogP contribution < -0.4 is 15.2 Å². The third-order valence-corrected chi connectivity index (χ3v) is 9.71. The molecule has 1 aliphatic heterocycles. The van der Waals surface area contributed by atoms with Gasteiger partial charge in [0.2, 0.25) is 11.2 Å². The highest BCUT2D eigenvalue weighted by molar-refractivity contribution is 8.04. The smallest absolute Gasteiger partial charge is 0.264 e. The van der Waals surface area contributed by atoms with Gasteiger partial charge in [-0.1, -0.05) is 54.2 Å². The molecule has 0 atom stereocenters. The Hall–Kier alpha value is -3.76. The molecule has 0 radical (unpaired) electrons. The summed E-state index contributed by atoms with van der Waals surface area (Å²) in [4.78, 5) is 4.33. The van der Waals surface area contributed by atoms with Crippen molar-refractivity contribution < 1.29 is 17.5 Å². The van der Waals surface area contributed by atoms with Crippen LogP contribution in [0.5, 0.6) is 0 Å². The average molecular weight is 599 g/mol. The summed E-state index contributed by atoms with van der Waals surface area (Å²) in [6.45, 7) is 0.470. The molecule has 0 unspecified atom stereocenters. The van der Waals surface area contributed by atoms with E-state index < -0.39 is 10.1 Å². The third kappa shape index (κ3) is 6.13. The van der Waals surface area contributed by atoms with Gasteiger partial charge in [0, 0.05) is 46.3 Å². The van der Waals surface area contributed by atoms with Crippen molar-refractivity contribution in [3.05, 3.63) is 120 Å². The van der Waals surface area contributed by atoms with Crippen molar-refractivity contribution in [3.8, 4) is 5.69 Å². The fourth-order valence-electron chi connectivity index (χ4n) is 4.93. The van der Waals surface area contributed by atoms with Crippen molar-refractivity contribution in [2.45, 2.75) is 21.2 Å². The number of nitrogen functional groups attached to an aromatic ring is 1. The van der Waals surface area contributed by atoms with Gasteiger partial charge in [-0.2, -0.15) is 8.42 Å². The molecule has 3 N–H and O–H groups in total. The van der Waals surface area contributed by atoms with Gasteiger partial charge in [0.1, 0.15) is 0 Å². The van der Waals surface area contributed by atoms with Crippen LogP contribution >= 0.6 is 23.5 Å². The quantitative estimate of drug-likeness (QED) is 0.113. The van der Waals surface area contributed by atoms with E-state index >= 15 is 0 Å². The van der Waals surface area contributed by atoms with E-state index in [1.54, 1.807) is 23.5 Å². The molecule has 4 aromatic carbocycles. The predicted molar refractivity (Wildman–Crippen MR) is 169 cm³/mol. The molecule has 41 heavy (non-hydrogen) atoms. The van der Waals surface area contributed by atoms with E-state index in [0.717, 1.165) is 53.4 Å². The van der Waals surface area contributed by atoms with Crippen LogP contribution in [-0.2, 0) is 10.1 Å². The van der Waals surface area contributed by atoms with Gasteiger partial charge in [-0.15, -0.1) is 4.57 Å². The van der Waals surface area contributed by atoms with E-state index in [1.165, 1.54) is 0 Å². The van der Waals surface area contributed by atoms with E-state index in [9.17, 15) is 13.0 Å². The molecule has 0 saturated carbocycles. The molecule has 0 bridgehead atoms. The molecule has 2 heterocycles. The summed E-state index contributed by atoms with van der Waals surface area (Å²) in [6, 6.07) is 36.9. The second-order valence-electron chi connectivity index (χ2n) is 9.64. The zero-order valence-electron chi connectivity index (χ0n) is 22.1. The summed E-state index contributed by atoms with van der Waals surface area (Å²) < 4.78 is 34.5. The van der Waals surface area contributed by atoms with Gasteiger partial charge in [0.25, 0.3) is 15.1 Å². The Bertz CT molecular complexity index is 1860. The predicted octanol–water partition coefficient (Wildman–Crippen LogP) is 7.04. The van der Waals surface area contributed by atoms with Crippen LogP contribution in [0.1, 0.15) is 12.0 Å². The lowest BCUT2D eigenvalue weighted by Crippen LogP contribution is -2.34. The summed E-state index contributed by atoms with van der Waals surface area (Å²) in [5.74, 6) is -0.280. The molecule has 1 aliphatic rings. The molecular weight excluding hydrogens is 571 g/mol. The lowest BCUT2D eigenvalue weighted by Gasteiger charge is -2.20. The first-order valence-corrected chi connectivity index (χ1v) is 16.4. The second-order valence-corrected chi connectivity index (χ2v) is 13.4. The van der Waals surface area contributed by atoms with Crippen LogP contribution in [0.3, 0.4) is 0 Å². The Kier molecular flexibility index (Phi) is 7.77. The van der Waals surface area contributed by atoms with Crippen molar-refractivity contribution >= 4 is 62.0 Å². The lowest BCUT2D eigenvalue weighted by molar-refractivity contribution is -0.608. The van der Waals surface area contributed by atoms with Gasteiger partial charge < -0.3 is 10.6 Å². The molecule has 0 amide bonds. The molecule has 6 nitrogen and oxygen atoms in total. The number of nitrogens with two attached hydrogens (primary N) is 1. The van der Waals surface area contributed by atoms with E-state index in [4.69, 9.17) is 5.73 Å². The topological polar surface area (TPSA) is 87.5 Å². The highest BCUT2D eigenvalue weighted by Gasteiger charge is 2.27. The van der Waals surface area contributed by atoms with Crippen LogP contribution in [0.25, 0.3) is 22.7 Å². The first-order valence-electron chi connectivity index (χ1n) is 13.1. The van der Waals surface area contributed by atoms with Crippen molar-refractivity contribution in [2.75, 3.05) is 22.9 Å². The molecule has 0 aliphatic carbocycles. The van der Waals surface area contributed by atoms with Gasteiger partial charge in [-0.25, -0.2) is 0 Å². The van der Waals surface area contributed by atoms with Crippen molar-refractivity contribution in [2.24, 2.45) is 0 Å². The molecule has 9 heteroatoms. The number of hydrogen-bond acceptors (Lipinski definition) is 6. The Balaban J connectivity index is 1.50. The van der Waals surface area contributed by atoms with Crippen LogP contribution in [0, 0.1) is 0 Å². The van der Waals surface area contributed by atoms with Gasteiger partial charge in [0.15, 0.2) is 0 Å². The average Bonchev–Trinajstić information content (AvgIpc) is 3.31. The second kappa shape index (κ2) is 11.6. The Morgan fingerprint density at radius 1 is 0.902 bits per heavy atom. The standard InChI is InChI=1S/C32H27N3O3S3/c33-24-15-17-26(18-16-24)39-32-22-23(27-11-4-5-12-28(27)35(32)25-9-2-1-3-10-25)21-31-34(19-8-20-41(36,37)38)29-13-6-7-14-30(29)40-31/h1-7,9-18,21-22H,8,19-20,33H2/p+1. The van der Waals surface area contributed by atoms with Gasteiger partial charge in [0.05, 0.1) is 21.9 Å².